The van der Waals surface area contributed by atoms with E-state index in [-0.39, 0.29) is 18.0 Å². The zero-order chi connectivity index (χ0) is 24.1. The van der Waals surface area contributed by atoms with Crippen LogP contribution in [0.3, 0.4) is 0 Å². The van der Waals surface area contributed by atoms with Gasteiger partial charge in [-0.1, -0.05) is 94.8 Å². The summed E-state index contributed by atoms with van der Waals surface area (Å²) in [6.45, 7) is 2.14. The number of rotatable bonds is 4. The van der Waals surface area contributed by atoms with Gasteiger partial charge >= 0.3 is 0 Å². The Morgan fingerprint density at radius 3 is 2.23 bits per heavy atom. The van der Waals surface area contributed by atoms with Crippen molar-refractivity contribution in [1.82, 2.24) is 9.47 Å². The number of halogens is 1. The van der Waals surface area contributed by atoms with E-state index in [0.717, 1.165) is 37.9 Å². The molecule has 1 amide bonds. The third-order valence-corrected chi connectivity index (χ3v) is 7.76. The highest BCUT2D eigenvalue weighted by atomic mass is 79.9. The molecule has 0 bridgehead atoms. The summed E-state index contributed by atoms with van der Waals surface area (Å²) in [5, 5.41) is 1.17. The third kappa shape index (κ3) is 3.43. The lowest BCUT2D eigenvalue weighted by Crippen LogP contribution is -2.31. The molecule has 0 unspecified atom stereocenters. The maximum atomic E-state index is 13.9. The number of aryl methyl sites for hydroxylation is 1. The maximum Gasteiger partial charge on any atom is 0.255 e. The number of nitrogens with zero attached hydrogens (tertiary/aromatic N) is 2. The molecule has 2 atom stereocenters. The summed E-state index contributed by atoms with van der Waals surface area (Å²) >= 11 is 3.58. The van der Waals surface area contributed by atoms with Crippen molar-refractivity contribution in [3.8, 4) is 11.3 Å². The Hall–Kier alpha value is -3.63. The minimum atomic E-state index is -0.196. The topological polar surface area (TPSA) is 25.2 Å². The second-order valence-electron chi connectivity index (χ2n) is 9.13. The highest BCUT2D eigenvalue weighted by molar-refractivity contribution is 9.10. The van der Waals surface area contributed by atoms with Gasteiger partial charge in [0, 0.05) is 33.6 Å². The van der Waals surface area contributed by atoms with Crippen LogP contribution in [0, 0.1) is 0 Å². The zero-order valence-corrected chi connectivity index (χ0v) is 21.2. The van der Waals surface area contributed by atoms with Crippen LogP contribution in [0.15, 0.2) is 108 Å². The van der Waals surface area contributed by atoms with Gasteiger partial charge in [0.25, 0.3) is 5.91 Å². The van der Waals surface area contributed by atoms with Crippen LogP contribution in [0.2, 0.25) is 0 Å². The van der Waals surface area contributed by atoms with E-state index in [4.69, 9.17) is 0 Å². The van der Waals surface area contributed by atoms with Gasteiger partial charge in [0.1, 0.15) is 0 Å². The van der Waals surface area contributed by atoms with Gasteiger partial charge in [0.05, 0.1) is 17.8 Å². The quantitative estimate of drug-likeness (QED) is 0.236. The lowest BCUT2D eigenvalue weighted by Gasteiger charge is -2.32. The molecule has 6 rings (SSSR count). The Morgan fingerprint density at radius 2 is 1.46 bits per heavy atom. The number of hydrogen-bond acceptors (Lipinski definition) is 1. The van der Waals surface area contributed by atoms with Crippen LogP contribution in [-0.2, 0) is 7.05 Å². The monoisotopic (exact) mass is 520 g/mol. The predicted octanol–water partition coefficient (Wildman–Crippen LogP) is 7.91. The van der Waals surface area contributed by atoms with Gasteiger partial charge in [-0.2, -0.15) is 0 Å². The van der Waals surface area contributed by atoms with Crippen molar-refractivity contribution in [2.24, 2.45) is 7.05 Å². The molecule has 4 heteroatoms. The first-order valence-electron chi connectivity index (χ1n) is 11.9. The first-order valence-corrected chi connectivity index (χ1v) is 12.7. The molecule has 2 heterocycles. The summed E-state index contributed by atoms with van der Waals surface area (Å²) < 4.78 is 3.31. The fourth-order valence-electron chi connectivity index (χ4n) is 5.58. The largest absolute Gasteiger partial charge is 0.343 e. The number of aromatic nitrogens is 1. The van der Waals surface area contributed by atoms with Crippen molar-refractivity contribution in [1.29, 1.82) is 0 Å². The Bertz CT molecular complexity index is 1550. The summed E-state index contributed by atoms with van der Waals surface area (Å²) in [5.74, 6) is 0.0802. The Morgan fingerprint density at radius 1 is 0.800 bits per heavy atom. The Labute approximate surface area is 213 Å². The number of carbonyl (C=O) groups is 1. The number of carbonyl (C=O) groups excluding carboxylic acids is 1. The fraction of sp³-hybridized carbons (Fsp3) is 0.129. The molecule has 4 aromatic carbocycles. The molecule has 0 aliphatic carbocycles. The van der Waals surface area contributed by atoms with Gasteiger partial charge in [0.2, 0.25) is 0 Å². The average molecular weight is 521 g/mol. The number of amides is 1. The third-order valence-electron chi connectivity index (χ3n) is 7.23. The van der Waals surface area contributed by atoms with E-state index < -0.39 is 0 Å². The Balaban J connectivity index is 1.66. The average Bonchev–Trinajstić information content (AvgIpc) is 3.35. The molecule has 0 fully saturated rings. The normalized spacial score (nSPS) is 16.0. The molecular weight excluding hydrogens is 496 g/mol. The van der Waals surface area contributed by atoms with E-state index in [2.05, 4.69) is 106 Å². The second-order valence-corrected chi connectivity index (χ2v) is 10.0. The highest BCUT2D eigenvalue weighted by Gasteiger charge is 2.43. The van der Waals surface area contributed by atoms with Gasteiger partial charge < -0.3 is 9.47 Å². The maximum absolute atomic E-state index is 13.9. The van der Waals surface area contributed by atoms with Crippen LogP contribution in [0.25, 0.3) is 22.2 Å². The van der Waals surface area contributed by atoms with E-state index in [0.29, 0.717) is 0 Å². The molecule has 1 aliphatic rings. The smallest absolute Gasteiger partial charge is 0.255 e. The molecule has 0 radical (unpaired) electrons. The zero-order valence-electron chi connectivity index (χ0n) is 19.7. The first kappa shape index (κ1) is 21.9. The minimum absolute atomic E-state index is 0.0802. The van der Waals surface area contributed by atoms with Crippen molar-refractivity contribution in [2.75, 3.05) is 0 Å². The SMILES string of the molecule is C[C@@H](c1ccccc1)N1C(=O)c2ccccc2[C@@H]1c1c(-c2ccc(Br)cc2)n(C)c2ccccc12. The second kappa shape index (κ2) is 8.54. The van der Waals surface area contributed by atoms with E-state index >= 15 is 0 Å². The van der Waals surface area contributed by atoms with Crippen LogP contribution in [0.4, 0.5) is 0 Å². The van der Waals surface area contributed by atoms with Crippen molar-refractivity contribution >= 4 is 32.7 Å². The number of benzene rings is 4. The molecule has 0 saturated heterocycles. The Kier molecular flexibility index (Phi) is 5.34. The molecule has 0 saturated carbocycles. The van der Waals surface area contributed by atoms with Gasteiger partial charge in [-0.05, 0) is 47.9 Å². The van der Waals surface area contributed by atoms with Gasteiger partial charge in [-0.15, -0.1) is 0 Å². The summed E-state index contributed by atoms with van der Waals surface area (Å²) in [4.78, 5) is 16.0. The van der Waals surface area contributed by atoms with Crippen LogP contribution < -0.4 is 0 Å². The van der Waals surface area contributed by atoms with Crippen molar-refractivity contribution in [3.05, 3.63) is 130 Å². The predicted molar refractivity (Wildman–Crippen MR) is 145 cm³/mol. The fourth-order valence-corrected chi connectivity index (χ4v) is 5.84. The summed E-state index contributed by atoms with van der Waals surface area (Å²) in [7, 11) is 2.12. The summed E-state index contributed by atoms with van der Waals surface area (Å²) in [5.41, 5.74) is 7.58. The van der Waals surface area contributed by atoms with E-state index in [1.54, 1.807) is 0 Å². The molecular formula is C31H25BrN2O. The van der Waals surface area contributed by atoms with Crippen molar-refractivity contribution in [3.63, 3.8) is 0 Å². The van der Waals surface area contributed by atoms with Crippen molar-refractivity contribution in [2.45, 2.75) is 19.0 Å². The van der Waals surface area contributed by atoms with Crippen LogP contribution >= 0.6 is 15.9 Å². The van der Waals surface area contributed by atoms with Crippen LogP contribution in [-0.4, -0.2) is 15.4 Å². The van der Waals surface area contributed by atoms with E-state index in [9.17, 15) is 4.79 Å². The number of fused-ring (bicyclic) bond motifs is 2. The minimum Gasteiger partial charge on any atom is -0.343 e. The molecule has 0 spiro atoms. The first-order chi connectivity index (χ1) is 17.1. The molecule has 172 valence electrons. The molecule has 1 aromatic heterocycles. The van der Waals surface area contributed by atoms with Crippen molar-refractivity contribution < 1.29 is 4.79 Å². The van der Waals surface area contributed by atoms with E-state index in [1.165, 1.54) is 10.9 Å². The van der Waals surface area contributed by atoms with Crippen LogP contribution in [0.1, 0.15) is 46.1 Å². The lowest BCUT2D eigenvalue weighted by molar-refractivity contribution is 0.0678. The summed E-state index contributed by atoms with van der Waals surface area (Å²) in [6.07, 6.45) is 0. The molecule has 35 heavy (non-hydrogen) atoms. The molecule has 1 aliphatic heterocycles. The van der Waals surface area contributed by atoms with Gasteiger partial charge in [-0.3, -0.25) is 4.79 Å². The standard InChI is InChI=1S/C31H25BrN2O/c1-20(21-10-4-3-5-11-21)34-30(24-12-6-7-13-25(24)31(34)35)28-26-14-8-9-15-27(26)33(2)29(28)22-16-18-23(32)19-17-22/h3-20,30H,1-2H3/t20-,30+/m0/s1. The number of para-hydroxylation sites is 1. The number of hydrogen-bond donors (Lipinski definition) is 0. The lowest BCUT2D eigenvalue weighted by atomic mass is 9.92. The molecule has 5 aromatic rings. The molecule has 0 N–H and O–H groups in total. The molecule has 3 nitrogen and oxygen atoms in total. The summed E-state index contributed by atoms with van der Waals surface area (Å²) in [6, 6.07) is 35.1. The van der Waals surface area contributed by atoms with E-state index in [1.807, 2.05) is 36.4 Å². The van der Waals surface area contributed by atoms with Crippen LogP contribution in [0.5, 0.6) is 0 Å². The van der Waals surface area contributed by atoms with Gasteiger partial charge in [0.15, 0.2) is 0 Å². The highest BCUT2D eigenvalue weighted by Crippen LogP contribution is 2.49. The van der Waals surface area contributed by atoms with Gasteiger partial charge in [-0.25, -0.2) is 0 Å².